The summed E-state index contributed by atoms with van der Waals surface area (Å²) in [6, 6.07) is 4.59. The van der Waals surface area contributed by atoms with Gasteiger partial charge in [-0.1, -0.05) is 23.7 Å². The minimum absolute atomic E-state index is 0.149. The van der Waals surface area contributed by atoms with Crippen LogP contribution in [0.2, 0.25) is 5.02 Å². The lowest BCUT2D eigenvalue weighted by Crippen LogP contribution is -2.28. The van der Waals surface area contributed by atoms with Crippen LogP contribution in [0.15, 0.2) is 18.2 Å². The zero-order valence-corrected chi connectivity index (χ0v) is 9.43. The van der Waals surface area contributed by atoms with Gasteiger partial charge in [-0.3, -0.25) is 0 Å². The lowest BCUT2D eigenvalue weighted by Gasteiger charge is -2.12. The minimum atomic E-state index is -0.405. The first-order valence-corrected chi connectivity index (χ1v) is 5.29. The first kappa shape index (κ1) is 12.4. The van der Waals surface area contributed by atoms with E-state index in [4.69, 9.17) is 22.1 Å². The van der Waals surface area contributed by atoms with E-state index >= 15 is 0 Å². The molecule has 1 rings (SSSR count). The average Bonchev–Trinajstić information content (AvgIpc) is 2.22. The molecular weight excluding hydrogens is 217 g/mol. The van der Waals surface area contributed by atoms with E-state index in [1.807, 2.05) is 6.92 Å². The molecule has 0 bridgehead atoms. The third kappa shape index (κ3) is 3.78. The van der Waals surface area contributed by atoms with Gasteiger partial charge in [0.2, 0.25) is 0 Å². The molecule has 2 nitrogen and oxygen atoms in total. The SMILES string of the molecule is CCOCC(N)Cc1cccc(F)c1Cl. The average molecular weight is 232 g/mol. The molecule has 1 atom stereocenters. The van der Waals surface area contributed by atoms with Crippen molar-refractivity contribution in [2.45, 2.75) is 19.4 Å². The van der Waals surface area contributed by atoms with Crippen molar-refractivity contribution in [2.24, 2.45) is 5.73 Å². The summed E-state index contributed by atoms with van der Waals surface area (Å²) in [5, 5.41) is 0.157. The van der Waals surface area contributed by atoms with Crippen molar-refractivity contribution in [3.8, 4) is 0 Å². The highest BCUT2D eigenvalue weighted by atomic mass is 35.5. The van der Waals surface area contributed by atoms with Crippen LogP contribution >= 0.6 is 11.6 Å². The molecule has 0 radical (unpaired) electrons. The van der Waals surface area contributed by atoms with Gasteiger partial charge in [-0.25, -0.2) is 4.39 Å². The van der Waals surface area contributed by atoms with Crippen LogP contribution in [0.1, 0.15) is 12.5 Å². The second kappa shape index (κ2) is 6.05. The second-order valence-corrected chi connectivity index (χ2v) is 3.71. The lowest BCUT2D eigenvalue weighted by molar-refractivity contribution is 0.133. The molecule has 1 aromatic rings. The molecule has 0 amide bonds. The first-order valence-electron chi connectivity index (χ1n) is 4.91. The number of ether oxygens (including phenoxy) is 1. The highest BCUT2D eigenvalue weighted by molar-refractivity contribution is 6.31. The second-order valence-electron chi connectivity index (χ2n) is 3.34. The number of hydrogen-bond acceptors (Lipinski definition) is 2. The van der Waals surface area contributed by atoms with E-state index in [9.17, 15) is 4.39 Å². The minimum Gasteiger partial charge on any atom is -0.380 e. The van der Waals surface area contributed by atoms with Crippen LogP contribution in [-0.2, 0) is 11.2 Å². The van der Waals surface area contributed by atoms with Gasteiger partial charge >= 0.3 is 0 Å². The maximum atomic E-state index is 13.1. The molecule has 0 aromatic heterocycles. The van der Waals surface area contributed by atoms with Gasteiger partial charge in [0, 0.05) is 12.6 Å². The van der Waals surface area contributed by atoms with Crippen LogP contribution in [0, 0.1) is 5.82 Å². The first-order chi connectivity index (χ1) is 7.15. The molecule has 4 heteroatoms. The Bertz CT molecular complexity index is 319. The Balaban J connectivity index is 2.60. The van der Waals surface area contributed by atoms with Gasteiger partial charge in [0.05, 0.1) is 11.6 Å². The van der Waals surface area contributed by atoms with Crippen LogP contribution in [0.25, 0.3) is 0 Å². The van der Waals surface area contributed by atoms with Crippen LogP contribution in [0.5, 0.6) is 0 Å². The van der Waals surface area contributed by atoms with Crippen molar-refractivity contribution in [2.75, 3.05) is 13.2 Å². The van der Waals surface area contributed by atoms with Crippen molar-refractivity contribution < 1.29 is 9.13 Å². The van der Waals surface area contributed by atoms with Crippen molar-refractivity contribution in [3.63, 3.8) is 0 Å². The lowest BCUT2D eigenvalue weighted by atomic mass is 10.1. The van der Waals surface area contributed by atoms with E-state index < -0.39 is 5.82 Å². The number of benzene rings is 1. The van der Waals surface area contributed by atoms with Crippen molar-refractivity contribution in [3.05, 3.63) is 34.6 Å². The molecule has 1 aromatic carbocycles. The van der Waals surface area contributed by atoms with E-state index in [0.717, 1.165) is 5.56 Å². The topological polar surface area (TPSA) is 35.2 Å². The summed E-state index contributed by atoms with van der Waals surface area (Å²) >= 11 is 5.80. The fraction of sp³-hybridized carbons (Fsp3) is 0.455. The summed E-state index contributed by atoms with van der Waals surface area (Å²) in [4.78, 5) is 0. The third-order valence-electron chi connectivity index (χ3n) is 2.05. The number of halogens is 2. The molecular formula is C11H15ClFNO. The maximum absolute atomic E-state index is 13.1. The van der Waals surface area contributed by atoms with E-state index in [1.54, 1.807) is 12.1 Å². The predicted octanol–water partition coefficient (Wildman–Crippen LogP) is 2.39. The fourth-order valence-corrected chi connectivity index (χ4v) is 1.52. The highest BCUT2D eigenvalue weighted by Crippen LogP contribution is 2.20. The van der Waals surface area contributed by atoms with Gasteiger partial charge in [0.1, 0.15) is 5.82 Å². The number of rotatable bonds is 5. The Hall–Kier alpha value is -0.640. The standard InChI is InChI=1S/C11H15ClFNO/c1-2-15-7-9(14)6-8-4-3-5-10(13)11(8)12/h3-5,9H,2,6-7,14H2,1H3. The van der Waals surface area contributed by atoms with Crippen LogP contribution < -0.4 is 5.73 Å². The number of hydrogen-bond donors (Lipinski definition) is 1. The largest absolute Gasteiger partial charge is 0.380 e. The zero-order chi connectivity index (χ0) is 11.3. The Labute approximate surface area is 94.2 Å². The van der Waals surface area contributed by atoms with E-state index in [1.165, 1.54) is 6.07 Å². The normalized spacial score (nSPS) is 12.8. The molecule has 0 saturated carbocycles. The summed E-state index contributed by atoms with van der Waals surface area (Å²) in [6.07, 6.45) is 0.524. The van der Waals surface area contributed by atoms with E-state index in [2.05, 4.69) is 0 Å². The van der Waals surface area contributed by atoms with Gasteiger partial charge in [-0.15, -0.1) is 0 Å². The Kier molecular flexibility index (Phi) is 5.02. The van der Waals surface area contributed by atoms with Gasteiger partial charge in [0.15, 0.2) is 0 Å². The van der Waals surface area contributed by atoms with Gasteiger partial charge in [-0.2, -0.15) is 0 Å². The molecule has 0 heterocycles. The summed E-state index contributed by atoms with van der Waals surface area (Å²) in [5.74, 6) is -0.405. The van der Waals surface area contributed by atoms with E-state index in [0.29, 0.717) is 19.6 Å². The molecule has 15 heavy (non-hydrogen) atoms. The summed E-state index contributed by atoms with van der Waals surface area (Å²) in [7, 11) is 0. The molecule has 0 aliphatic heterocycles. The maximum Gasteiger partial charge on any atom is 0.142 e. The number of nitrogens with two attached hydrogens (primary N) is 1. The van der Waals surface area contributed by atoms with Gasteiger partial charge < -0.3 is 10.5 Å². The Morgan fingerprint density at radius 3 is 2.93 bits per heavy atom. The summed E-state index contributed by atoms with van der Waals surface area (Å²) < 4.78 is 18.3. The molecule has 0 aliphatic carbocycles. The molecule has 0 fully saturated rings. The predicted molar refractivity (Wildman–Crippen MR) is 59.6 cm³/mol. The molecule has 0 saturated heterocycles. The monoisotopic (exact) mass is 231 g/mol. The van der Waals surface area contributed by atoms with Crippen molar-refractivity contribution in [1.29, 1.82) is 0 Å². The third-order valence-corrected chi connectivity index (χ3v) is 2.47. The Morgan fingerprint density at radius 2 is 2.27 bits per heavy atom. The molecule has 2 N–H and O–H groups in total. The summed E-state index contributed by atoms with van der Waals surface area (Å²) in [6.45, 7) is 3.00. The smallest absolute Gasteiger partial charge is 0.142 e. The molecule has 84 valence electrons. The summed E-state index contributed by atoms with van der Waals surface area (Å²) in [5.41, 5.74) is 6.53. The fourth-order valence-electron chi connectivity index (χ4n) is 1.32. The van der Waals surface area contributed by atoms with Gasteiger partial charge in [0.25, 0.3) is 0 Å². The van der Waals surface area contributed by atoms with Crippen molar-refractivity contribution in [1.82, 2.24) is 0 Å². The van der Waals surface area contributed by atoms with Crippen LogP contribution in [0.3, 0.4) is 0 Å². The molecule has 0 spiro atoms. The van der Waals surface area contributed by atoms with Crippen molar-refractivity contribution >= 4 is 11.6 Å². The van der Waals surface area contributed by atoms with Crippen LogP contribution in [0.4, 0.5) is 4.39 Å². The van der Waals surface area contributed by atoms with E-state index in [-0.39, 0.29) is 11.1 Å². The molecule has 1 unspecified atom stereocenters. The highest BCUT2D eigenvalue weighted by Gasteiger charge is 2.09. The van der Waals surface area contributed by atoms with Crippen LogP contribution in [-0.4, -0.2) is 19.3 Å². The molecule has 0 aliphatic rings. The van der Waals surface area contributed by atoms with Gasteiger partial charge in [-0.05, 0) is 25.0 Å². The Morgan fingerprint density at radius 1 is 1.53 bits per heavy atom. The zero-order valence-electron chi connectivity index (χ0n) is 8.67. The quantitative estimate of drug-likeness (QED) is 0.845.